The molecule has 0 aliphatic heterocycles. The number of amides is 1. The fraction of sp³-hybridized carbons (Fsp3) is 0.364. The van der Waals surface area contributed by atoms with Gasteiger partial charge in [-0.3, -0.25) is 4.79 Å². The lowest BCUT2D eigenvalue weighted by Gasteiger charge is -2.15. The highest BCUT2D eigenvalue weighted by Gasteiger charge is 2.17. The number of carbonyl (C=O) groups is 1. The smallest absolute Gasteiger partial charge is 0.241 e. The highest BCUT2D eigenvalue weighted by atomic mass is 79.9. The second-order valence-electron chi connectivity index (χ2n) is 3.74. The Bertz CT molecular complexity index is 352. The summed E-state index contributed by atoms with van der Waals surface area (Å²) in [6, 6.07) is 6.98. The molecule has 1 unspecified atom stereocenters. The van der Waals surface area contributed by atoms with E-state index in [0.717, 1.165) is 10.2 Å². The molecule has 15 heavy (non-hydrogen) atoms. The average Bonchev–Trinajstić information content (AvgIpc) is 2.20. The number of anilines is 1. The topological polar surface area (TPSA) is 55.1 Å². The second kappa shape index (κ2) is 5.28. The van der Waals surface area contributed by atoms with E-state index in [4.69, 9.17) is 5.73 Å². The van der Waals surface area contributed by atoms with Crippen LogP contribution in [0.5, 0.6) is 0 Å². The van der Waals surface area contributed by atoms with Crippen molar-refractivity contribution in [3.8, 4) is 0 Å². The molecule has 4 heteroatoms. The third kappa shape index (κ3) is 3.32. The molecule has 1 aromatic carbocycles. The predicted molar refractivity (Wildman–Crippen MR) is 65.6 cm³/mol. The molecule has 1 atom stereocenters. The van der Waals surface area contributed by atoms with Crippen molar-refractivity contribution < 1.29 is 4.79 Å². The van der Waals surface area contributed by atoms with E-state index in [9.17, 15) is 4.79 Å². The van der Waals surface area contributed by atoms with Crippen LogP contribution < -0.4 is 11.1 Å². The minimum absolute atomic E-state index is 0.132. The first-order valence-corrected chi connectivity index (χ1v) is 5.62. The van der Waals surface area contributed by atoms with Crippen molar-refractivity contribution in [1.82, 2.24) is 0 Å². The molecular weight excluding hydrogens is 256 g/mol. The van der Waals surface area contributed by atoms with E-state index < -0.39 is 6.04 Å². The summed E-state index contributed by atoms with van der Waals surface area (Å²) in [5.41, 5.74) is 6.48. The Kier molecular flexibility index (Phi) is 4.29. The quantitative estimate of drug-likeness (QED) is 0.886. The van der Waals surface area contributed by atoms with Crippen LogP contribution >= 0.6 is 15.9 Å². The average molecular weight is 271 g/mol. The Hall–Kier alpha value is -0.870. The van der Waals surface area contributed by atoms with Gasteiger partial charge < -0.3 is 11.1 Å². The zero-order valence-corrected chi connectivity index (χ0v) is 10.4. The number of para-hydroxylation sites is 1. The molecule has 0 aromatic heterocycles. The van der Waals surface area contributed by atoms with Gasteiger partial charge in [-0.15, -0.1) is 0 Å². The molecule has 0 saturated heterocycles. The van der Waals surface area contributed by atoms with Gasteiger partial charge in [-0.1, -0.05) is 26.0 Å². The zero-order valence-electron chi connectivity index (χ0n) is 8.83. The molecule has 1 amide bonds. The molecular formula is C11H15BrN2O. The number of nitrogens with one attached hydrogen (secondary N) is 1. The first-order chi connectivity index (χ1) is 7.02. The maximum atomic E-state index is 11.6. The van der Waals surface area contributed by atoms with Gasteiger partial charge in [0.15, 0.2) is 0 Å². The molecule has 0 fully saturated rings. The van der Waals surface area contributed by atoms with Crippen molar-refractivity contribution in [2.75, 3.05) is 5.32 Å². The molecule has 0 spiro atoms. The predicted octanol–water partition coefficient (Wildman–Crippen LogP) is 2.37. The normalized spacial score (nSPS) is 12.6. The van der Waals surface area contributed by atoms with Gasteiger partial charge in [-0.25, -0.2) is 0 Å². The van der Waals surface area contributed by atoms with Crippen LogP contribution in [0, 0.1) is 5.92 Å². The van der Waals surface area contributed by atoms with Crippen LogP contribution in [0.15, 0.2) is 28.7 Å². The second-order valence-corrected chi connectivity index (χ2v) is 4.59. The standard InChI is InChI=1S/C11H15BrN2O/c1-7(2)10(13)11(15)14-9-6-4-3-5-8(9)12/h3-7,10H,13H2,1-2H3,(H,14,15). The monoisotopic (exact) mass is 270 g/mol. The van der Waals surface area contributed by atoms with Gasteiger partial charge in [0.1, 0.15) is 0 Å². The number of rotatable bonds is 3. The van der Waals surface area contributed by atoms with Crippen molar-refractivity contribution in [1.29, 1.82) is 0 Å². The van der Waals surface area contributed by atoms with E-state index in [-0.39, 0.29) is 11.8 Å². The number of benzene rings is 1. The molecule has 1 aromatic rings. The number of halogens is 1. The third-order valence-electron chi connectivity index (χ3n) is 2.15. The molecule has 0 aliphatic carbocycles. The zero-order chi connectivity index (χ0) is 11.4. The van der Waals surface area contributed by atoms with Crippen molar-refractivity contribution in [2.45, 2.75) is 19.9 Å². The molecule has 3 nitrogen and oxygen atoms in total. The summed E-state index contributed by atoms with van der Waals surface area (Å²) in [6.07, 6.45) is 0. The van der Waals surface area contributed by atoms with Crippen molar-refractivity contribution in [2.24, 2.45) is 11.7 Å². The highest BCUT2D eigenvalue weighted by molar-refractivity contribution is 9.10. The summed E-state index contributed by atoms with van der Waals surface area (Å²) in [5.74, 6) is -0.0237. The first-order valence-electron chi connectivity index (χ1n) is 4.83. The summed E-state index contributed by atoms with van der Waals surface area (Å²) < 4.78 is 0.856. The number of nitrogens with two attached hydrogens (primary N) is 1. The fourth-order valence-corrected chi connectivity index (χ4v) is 1.47. The van der Waals surface area contributed by atoms with E-state index in [1.807, 2.05) is 38.1 Å². The Morgan fingerprint density at radius 2 is 2.00 bits per heavy atom. The summed E-state index contributed by atoms with van der Waals surface area (Å²) >= 11 is 3.36. The van der Waals surface area contributed by atoms with Crippen molar-refractivity contribution >= 4 is 27.5 Å². The largest absolute Gasteiger partial charge is 0.324 e. The number of hydrogen-bond acceptors (Lipinski definition) is 2. The van der Waals surface area contributed by atoms with E-state index in [1.165, 1.54) is 0 Å². The summed E-state index contributed by atoms with van der Waals surface area (Å²) in [7, 11) is 0. The molecule has 82 valence electrons. The minimum Gasteiger partial charge on any atom is -0.324 e. The molecule has 0 heterocycles. The van der Waals surface area contributed by atoms with Gasteiger partial charge in [0, 0.05) is 4.47 Å². The van der Waals surface area contributed by atoms with Crippen molar-refractivity contribution in [3.63, 3.8) is 0 Å². The molecule has 0 radical (unpaired) electrons. The van der Waals surface area contributed by atoms with E-state index in [1.54, 1.807) is 0 Å². The maximum absolute atomic E-state index is 11.6. The van der Waals surface area contributed by atoms with E-state index in [2.05, 4.69) is 21.2 Å². The lowest BCUT2D eigenvalue weighted by atomic mass is 10.1. The third-order valence-corrected chi connectivity index (χ3v) is 2.84. The Morgan fingerprint density at radius 1 is 1.40 bits per heavy atom. The molecule has 0 saturated carbocycles. The van der Waals surface area contributed by atoms with Crippen LogP contribution in [0.3, 0.4) is 0 Å². The highest BCUT2D eigenvalue weighted by Crippen LogP contribution is 2.21. The maximum Gasteiger partial charge on any atom is 0.241 e. The van der Waals surface area contributed by atoms with E-state index in [0.29, 0.717) is 0 Å². The van der Waals surface area contributed by atoms with Gasteiger partial charge >= 0.3 is 0 Å². The lowest BCUT2D eigenvalue weighted by molar-refractivity contribution is -0.118. The summed E-state index contributed by atoms with van der Waals surface area (Å²) in [5, 5.41) is 2.78. The van der Waals surface area contributed by atoms with Crippen LogP contribution in [-0.2, 0) is 4.79 Å². The summed E-state index contributed by atoms with van der Waals surface area (Å²) in [6.45, 7) is 3.84. The van der Waals surface area contributed by atoms with Crippen LogP contribution in [-0.4, -0.2) is 11.9 Å². The first kappa shape index (κ1) is 12.2. The van der Waals surface area contributed by atoms with Crippen LogP contribution in [0.1, 0.15) is 13.8 Å². The summed E-state index contributed by atoms with van der Waals surface area (Å²) in [4.78, 5) is 11.6. The van der Waals surface area contributed by atoms with Crippen LogP contribution in [0.2, 0.25) is 0 Å². The van der Waals surface area contributed by atoms with Gasteiger partial charge in [0.25, 0.3) is 0 Å². The van der Waals surface area contributed by atoms with Gasteiger partial charge in [0.2, 0.25) is 5.91 Å². The minimum atomic E-state index is -0.475. The SMILES string of the molecule is CC(C)C(N)C(=O)Nc1ccccc1Br. The Morgan fingerprint density at radius 3 is 2.53 bits per heavy atom. The Labute approximate surface area is 98.2 Å². The number of carbonyl (C=O) groups excluding carboxylic acids is 1. The molecule has 0 aliphatic rings. The molecule has 1 rings (SSSR count). The van der Waals surface area contributed by atoms with Gasteiger partial charge in [0.05, 0.1) is 11.7 Å². The number of hydrogen-bond donors (Lipinski definition) is 2. The van der Waals surface area contributed by atoms with Gasteiger partial charge in [-0.2, -0.15) is 0 Å². The van der Waals surface area contributed by atoms with Crippen molar-refractivity contribution in [3.05, 3.63) is 28.7 Å². The lowest BCUT2D eigenvalue weighted by Crippen LogP contribution is -2.39. The Balaban J connectivity index is 2.71. The van der Waals surface area contributed by atoms with Gasteiger partial charge in [-0.05, 0) is 34.0 Å². The van der Waals surface area contributed by atoms with Crippen LogP contribution in [0.25, 0.3) is 0 Å². The molecule has 0 bridgehead atoms. The fourth-order valence-electron chi connectivity index (χ4n) is 1.08. The van der Waals surface area contributed by atoms with E-state index >= 15 is 0 Å². The molecule has 3 N–H and O–H groups in total. The van der Waals surface area contributed by atoms with Crippen LogP contribution in [0.4, 0.5) is 5.69 Å².